The lowest BCUT2D eigenvalue weighted by molar-refractivity contribution is -0.385. The Bertz CT molecular complexity index is 1890. The Kier molecular flexibility index (Phi) is 12.1. The molecule has 0 saturated carbocycles. The minimum atomic E-state index is -4.62. The molecule has 0 aliphatic carbocycles. The average Bonchev–Trinajstić information content (AvgIpc) is 3.08. The summed E-state index contributed by atoms with van der Waals surface area (Å²) in [6.07, 6.45) is 0.0599. The van der Waals surface area contributed by atoms with Crippen LogP contribution in [0.5, 0.6) is 5.75 Å². The number of hydrogen-bond donors (Lipinski definition) is 1. The molecule has 1 N–H and O–H groups in total. The fourth-order valence-corrected chi connectivity index (χ4v) is 6.57. The van der Waals surface area contributed by atoms with Crippen molar-refractivity contribution in [3.8, 4) is 5.75 Å². The summed E-state index contributed by atoms with van der Waals surface area (Å²) in [5.74, 6) is -1.39. The van der Waals surface area contributed by atoms with Crippen LogP contribution in [0.2, 0.25) is 0 Å². The quantitative estimate of drug-likeness (QED) is 0.126. The molecule has 13 heteroatoms. The van der Waals surface area contributed by atoms with Gasteiger partial charge in [-0.3, -0.25) is 24.0 Å². The number of anilines is 1. The maximum Gasteiger partial charge on any atom is 0.273 e. The Labute approximate surface area is 285 Å². The molecule has 49 heavy (non-hydrogen) atoms. The van der Waals surface area contributed by atoms with Crippen LogP contribution in [0.15, 0.2) is 102 Å². The highest BCUT2D eigenvalue weighted by molar-refractivity contribution is 7.92. The van der Waals surface area contributed by atoms with E-state index in [0.29, 0.717) is 12.3 Å². The van der Waals surface area contributed by atoms with E-state index in [0.717, 1.165) is 15.9 Å². The number of nitrogens with one attached hydrogen (secondary N) is 1. The smallest absolute Gasteiger partial charge is 0.273 e. The summed E-state index contributed by atoms with van der Waals surface area (Å²) in [7, 11) is -3.18. The number of methoxy groups -OCH3 is 1. The number of nitro groups is 1. The van der Waals surface area contributed by atoms with Gasteiger partial charge in [0.25, 0.3) is 15.7 Å². The first-order valence-corrected chi connectivity index (χ1v) is 17.0. The Hall–Kier alpha value is -5.30. The van der Waals surface area contributed by atoms with Crippen molar-refractivity contribution in [3.63, 3.8) is 0 Å². The molecule has 258 valence electrons. The van der Waals surface area contributed by atoms with Crippen LogP contribution in [0.25, 0.3) is 0 Å². The molecule has 4 aromatic carbocycles. The predicted molar refractivity (Wildman–Crippen MR) is 184 cm³/mol. The van der Waals surface area contributed by atoms with Crippen molar-refractivity contribution < 1.29 is 32.1 Å². The van der Waals surface area contributed by atoms with Crippen molar-refractivity contribution in [3.05, 3.63) is 130 Å². The zero-order chi connectivity index (χ0) is 35.7. The van der Waals surface area contributed by atoms with E-state index in [1.807, 2.05) is 19.9 Å². The molecule has 0 bridgehead atoms. The van der Waals surface area contributed by atoms with Gasteiger partial charge in [0.05, 0.1) is 22.6 Å². The van der Waals surface area contributed by atoms with Gasteiger partial charge in [0.2, 0.25) is 11.8 Å². The van der Waals surface area contributed by atoms with Gasteiger partial charge in [-0.05, 0) is 54.8 Å². The van der Waals surface area contributed by atoms with E-state index in [-0.39, 0.29) is 35.7 Å². The number of aryl methyl sites for hydroxylation is 1. The Morgan fingerprint density at radius 2 is 1.61 bits per heavy atom. The molecule has 2 amide bonds. The van der Waals surface area contributed by atoms with Gasteiger partial charge in [0.1, 0.15) is 24.2 Å². The second-order valence-electron chi connectivity index (χ2n) is 11.9. The van der Waals surface area contributed by atoms with Crippen LogP contribution in [0.1, 0.15) is 30.5 Å². The van der Waals surface area contributed by atoms with Crippen LogP contribution < -0.4 is 14.4 Å². The van der Waals surface area contributed by atoms with Crippen LogP contribution in [-0.2, 0) is 32.6 Å². The first kappa shape index (κ1) is 36.5. The Morgan fingerprint density at radius 3 is 2.22 bits per heavy atom. The summed E-state index contributed by atoms with van der Waals surface area (Å²) in [4.78, 5) is 40.2. The third-order valence-electron chi connectivity index (χ3n) is 7.86. The third-order valence-corrected chi connectivity index (χ3v) is 9.63. The second kappa shape index (κ2) is 16.2. The fraction of sp³-hybridized carbons (Fsp3) is 0.278. The largest absolute Gasteiger partial charge is 0.497 e. The van der Waals surface area contributed by atoms with Crippen molar-refractivity contribution in [1.29, 1.82) is 0 Å². The van der Waals surface area contributed by atoms with Gasteiger partial charge in [-0.15, -0.1) is 0 Å². The summed E-state index contributed by atoms with van der Waals surface area (Å²) in [5, 5.41) is 14.6. The number of hydrogen-bond acceptors (Lipinski definition) is 7. The van der Waals surface area contributed by atoms with Crippen LogP contribution in [0.4, 0.5) is 15.8 Å². The Balaban J connectivity index is 1.85. The molecule has 0 aliphatic rings. The van der Waals surface area contributed by atoms with Crippen molar-refractivity contribution in [2.75, 3.05) is 24.5 Å². The molecule has 0 heterocycles. The number of nitrogens with zero attached hydrogens (tertiary/aromatic N) is 3. The number of carbonyl (C=O) groups is 2. The summed E-state index contributed by atoms with van der Waals surface area (Å²) in [6.45, 7) is 4.48. The molecule has 0 radical (unpaired) electrons. The minimum absolute atomic E-state index is 0.0599. The monoisotopic (exact) mass is 690 g/mol. The van der Waals surface area contributed by atoms with Gasteiger partial charge in [-0.1, -0.05) is 68.4 Å². The van der Waals surface area contributed by atoms with Crippen molar-refractivity contribution >= 4 is 33.2 Å². The highest BCUT2D eigenvalue weighted by Gasteiger charge is 2.35. The van der Waals surface area contributed by atoms with E-state index < -0.39 is 55.7 Å². The van der Waals surface area contributed by atoms with E-state index in [1.165, 1.54) is 73.5 Å². The molecule has 1 atom stereocenters. The first-order valence-electron chi connectivity index (χ1n) is 15.6. The summed E-state index contributed by atoms with van der Waals surface area (Å²) in [6, 6.07) is 23.0. The van der Waals surface area contributed by atoms with Crippen LogP contribution in [0.3, 0.4) is 0 Å². The lowest BCUT2D eigenvalue weighted by Crippen LogP contribution is -2.53. The number of benzene rings is 4. The third kappa shape index (κ3) is 9.20. The van der Waals surface area contributed by atoms with Gasteiger partial charge in [0, 0.05) is 36.7 Å². The summed E-state index contributed by atoms with van der Waals surface area (Å²) in [5.41, 5.74) is 0.757. The number of carbonyl (C=O) groups excluding carboxylic acids is 2. The standard InChI is InChI=1S/C36H39FN4O7S/c1-25(2)22-38-36(43)34(20-27-10-6-5-7-11-27)39(23-28-12-8-9-13-32(28)37)35(42)24-40(29-15-17-30(48-4)18-16-29)49(46,47)31-19-14-26(3)33(21-31)41(44)45/h5-19,21,25,34H,20,22-24H2,1-4H3,(H,38,43). The fourth-order valence-electron chi connectivity index (χ4n) is 5.14. The van der Waals surface area contributed by atoms with Crippen molar-refractivity contribution in [2.45, 2.75) is 44.7 Å². The molecule has 0 spiro atoms. The predicted octanol–water partition coefficient (Wildman–Crippen LogP) is 5.66. The van der Waals surface area contributed by atoms with Gasteiger partial charge < -0.3 is 15.0 Å². The lowest BCUT2D eigenvalue weighted by atomic mass is 10.0. The number of halogens is 1. The second-order valence-corrected chi connectivity index (χ2v) is 13.7. The molecular weight excluding hydrogens is 651 g/mol. The zero-order valence-corrected chi connectivity index (χ0v) is 28.5. The summed E-state index contributed by atoms with van der Waals surface area (Å²) < 4.78 is 49.7. The maximum atomic E-state index is 15.1. The molecule has 0 saturated heterocycles. The van der Waals surface area contributed by atoms with Gasteiger partial charge in [-0.2, -0.15) is 0 Å². The molecule has 0 aliphatic heterocycles. The molecular formula is C36H39FN4O7S. The zero-order valence-electron chi connectivity index (χ0n) is 27.7. The van der Waals surface area contributed by atoms with Gasteiger partial charge >= 0.3 is 0 Å². The SMILES string of the molecule is COc1ccc(N(CC(=O)N(Cc2ccccc2F)C(Cc2ccccc2)C(=O)NCC(C)C)S(=O)(=O)c2ccc(C)c([N+](=O)[O-])c2)cc1. The minimum Gasteiger partial charge on any atom is -0.497 e. The maximum absolute atomic E-state index is 15.1. The molecule has 4 rings (SSSR count). The normalized spacial score (nSPS) is 11.9. The highest BCUT2D eigenvalue weighted by atomic mass is 32.2. The summed E-state index contributed by atoms with van der Waals surface area (Å²) >= 11 is 0. The van der Waals surface area contributed by atoms with Gasteiger partial charge in [0.15, 0.2) is 0 Å². The van der Waals surface area contributed by atoms with Crippen molar-refractivity contribution in [2.24, 2.45) is 5.92 Å². The molecule has 0 fully saturated rings. The molecule has 1 unspecified atom stereocenters. The molecule has 4 aromatic rings. The van der Waals surface area contributed by atoms with E-state index in [4.69, 9.17) is 4.74 Å². The van der Waals surface area contributed by atoms with Gasteiger partial charge in [-0.25, -0.2) is 12.8 Å². The van der Waals surface area contributed by atoms with E-state index >= 15 is 4.39 Å². The number of amides is 2. The van der Waals surface area contributed by atoms with E-state index in [9.17, 15) is 28.1 Å². The highest BCUT2D eigenvalue weighted by Crippen LogP contribution is 2.30. The van der Waals surface area contributed by atoms with E-state index in [1.54, 1.807) is 30.3 Å². The first-order chi connectivity index (χ1) is 23.3. The number of sulfonamides is 1. The van der Waals surface area contributed by atoms with Crippen LogP contribution >= 0.6 is 0 Å². The lowest BCUT2D eigenvalue weighted by Gasteiger charge is -2.34. The van der Waals surface area contributed by atoms with Crippen LogP contribution in [0, 0.1) is 28.8 Å². The average molecular weight is 691 g/mol. The molecule has 0 aromatic heterocycles. The van der Waals surface area contributed by atoms with E-state index in [2.05, 4.69) is 5.32 Å². The number of nitro benzene ring substituents is 1. The van der Waals surface area contributed by atoms with Crippen molar-refractivity contribution in [1.82, 2.24) is 10.2 Å². The number of ether oxygens (including phenoxy) is 1. The molecule has 11 nitrogen and oxygen atoms in total. The van der Waals surface area contributed by atoms with Crippen LogP contribution in [-0.4, -0.2) is 56.3 Å². The Morgan fingerprint density at radius 1 is 0.959 bits per heavy atom. The number of rotatable bonds is 15. The topological polar surface area (TPSA) is 139 Å².